The van der Waals surface area contributed by atoms with Crippen LogP contribution in [0.2, 0.25) is 0 Å². The van der Waals surface area contributed by atoms with Crippen LogP contribution in [0.1, 0.15) is 46.1 Å². The van der Waals surface area contributed by atoms with Crippen molar-refractivity contribution in [3.8, 4) is 0 Å². The van der Waals surface area contributed by atoms with Crippen LogP contribution in [0.4, 0.5) is 10.1 Å². The third-order valence-corrected chi connectivity index (χ3v) is 3.49. The Morgan fingerprint density at radius 1 is 1.26 bits per heavy atom. The van der Waals surface area contributed by atoms with Crippen LogP contribution >= 0.6 is 0 Å². The second kappa shape index (κ2) is 7.49. The van der Waals surface area contributed by atoms with Gasteiger partial charge in [0.1, 0.15) is 5.82 Å². The topological polar surface area (TPSA) is 15.3 Å². The van der Waals surface area contributed by atoms with Gasteiger partial charge in [-0.3, -0.25) is 0 Å². The minimum atomic E-state index is -0.166. The van der Waals surface area contributed by atoms with E-state index in [0.717, 1.165) is 24.1 Å². The molecular formula is C16H27FN2. The van der Waals surface area contributed by atoms with Gasteiger partial charge in [-0.05, 0) is 37.1 Å². The smallest absolute Gasteiger partial charge is 0.123 e. The van der Waals surface area contributed by atoms with E-state index in [-0.39, 0.29) is 5.82 Å². The maximum atomic E-state index is 13.4. The number of rotatable bonds is 7. The molecule has 108 valence electrons. The number of nitrogens with zero attached hydrogens (tertiary/aromatic N) is 1. The van der Waals surface area contributed by atoms with Crippen molar-refractivity contribution in [2.75, 3.05) is 11.9 Å². The highest BCUT2D eigenvalue weighted by atomic mass is 19.1. The van der Waals surface area contributed by atoms with Crippen LogP contribution in [-0.2, 0) is 6.54 Å². The molecule has 2 nitrogen and oxygen atoms in total. The lowest BCUT2D eigenvalue weighted by atomic mass is 10.1. The summed E-state index contributed by atoms with van der Waals surface area (Å²) < 4.78 is 13.4. The van der Waals surface area contributed by atoms with Crippen molar-refractivity contribution in [3.05, 3.63) is 29.6 Å². The first-order valence-corrected chi connectivity index (χ1v) is 7.20. The molecule has 0 aliphatic carbocycles. The minimum absolute atomic E-state index is 0.166. The van der Waals surface area contributed by atoms with Gasteiger partial charge in [-0.15, -0.1) is 0 Å². The lowest BCUT2D eigenvalue weighted by Gasteiger charge is -2.29. The molecule has 1 aromatic carbocycles. The van der Waals surface area contributed by atoms with E-state index in [0.29, 0.717) is 18.6 Å². The van der Waals surface area contributed by atoms with Gasteiger partial charge in [-0.2, -0.15) is 0 Å². The number of nitrogens with one attached hydrogen (secondary N) is 1. The van der Waals surface area contributed by atoms with Gasteiger partial charge in [0.05, 0.1) is 0 Å². The molecule has 0 bridgehead atoms. The summed E-state index contributed by atoms with van der Waals surface area (Å²) in [5.41, 5.74) is 2.15. The van der Waals surface area contributed by atoms with Crippen molar-refractivity contribution in [1.29, 1.82) is 0 Å². The number of hydrogen-bond donors (Lipinski definition) is 1. The van der Waals surface area contributed by atoms with Crippen LogP contribution in [0.5, 0.6) is 0 Å². The van der Waals surface area contributed by atoms with Gasteiger partial charge < -0.3 is 10.2 Å². The normalized spacial score (nSPS) is 12.8. The fraction of sp³-hybridized carbons (Fsp3) is 0.625. The highest BCUT2D eigenvalue weighted by Crippen LogP contribution is 2.23. The van der Waals surface area contributed by atoms with Crippen LogP contribution in [0.3, 0.4) is 0 Å². The first-order valence-electron chi connectivity index (χ1n) is 7.20. The molecule has 0 saturated heterocycles. The molecule has 0 aliphatic rings. The molecule has 3 heteroatoms. The van der Waals surface area contributed by atoms with Crippen molar-refractivity contribution in [2.24, 2.45) is 0 Å². The first kappa shape index (κ1) is 16.0. The summed E-state index contributed by atoms with van der Waals surface area (Å²) in [5.74, 6) is -0.166. The quantitative estimate of drug-likeness (QED) is 0.804. The van der Waals surface area contributed by atoms with Crippen LogP contribution in [0.15, 0.2) is 18.2 Å². The van der Waals surface area contributed by atoms with Gasteiger partial charge in [0.15, 0.2) is 0 Å². The summed E-state index contributed by atoms with van der Waals surface area (Å²) in [7, 11) is 2.09. The molecule has 0 aromatic heterocycles. The second-order valence-corrected chi connectivity index (χ2v) is 5.56. The molecule has 1 atom stereocenters. The maximum Gasteiger partial charge on any atom is 0.123 e. The number of benzene rings is 1. The molecule has 1 N–H and O–H groups in total. The van der Waals surface area contributed by atoms with E-state index in [4.69, 9.17) is 0 Å². The lowest BCUT2D eigenvalue weighted by molar-refractivity contribution is 0.574. The summed E-state index contributed by atoms with van der Waals surface area (Å²) in [6.45, 7) is 9.31. The number of halogens is 1. The van der Waals surface area contributed by atoms with Gasteiger partial charge in [-0.25, -0.2) is 4.39 Å². The Morgan fingerprint density at radius 3 is 2.53 bits per heavy atom. The monoisotopic (exact) mass is 266 g/mol. The van der Waals surface area contributed by atoms with Gasteiger partial charge in [0, 0.05) is 31.4 Å². The van der Waals surface area contributed by atoms with Gasteiger partial charge in [-0.1, -0.05) is 27.2 Å². The summed E-state index contributed by atoms with van der Waals surface area (Å²) in [6.07, 6.45) is 2.30. The predicted molar refractivity (Wildman–Crippen MR) is 81.1 cm³/mol. The van der Waals surface area contributed by atoms with E-state index in [9.17, 15) is 4.39 Å². The molecule has 0 radical (unpaired) electrons. The van der Waals surface area contributed by atoms with Gasteiger partial charge in [0.25, 0.3) is 0 Å². The van der Waals surface area contributed by atoms with Crippen molar-refractivity contribution in [2.45, 2.75) is 59.2 Å². The molecule has 0 aliphatic heterocycles. The summed E-state index contributed by atoms with van der Waals surface area (Å²) in [6, 6.07) is 5.94. The average molecular weight is 266 g/mol. The fourth-order valence-electron chi connectivity index (χ4n) is 2.20. The zero-order valence-corrected chi connectivity index (χ0v) is 12.8. The Morgan fingerprint density at radius 2 is 1.95 bits per heavy atom. The van der Waals surface area contributed by atoms with Gasteiger partial charge in [0.2, 0.25) is 0 Å². The second-order valence-electron chi connectivity index (χ2n) is 5.56. The zero-order valence-electron chi connectivity index (χ0n) is 12.8. The molecule has 0 spiro atoms. The predicted octanol–water partition coefficient (Wildman–Crippen LogP) is 3.95. The van der Waals surface area contributed by atoms with Gasteiger partial charge >= 0.3 is 0 Å². The van der Waals surface area contributed by atoms with E-state index in [2.05, 4.69) is 45.0 Å². The van der Waals surface area contributed by atoms with E-state index >= 15 is 0 Å². The Bertz CT molecular complexity index is 390. The third kappa shape index (κ3) is 4.83. The molecule has 0 saturated carbocycles. The molecule has 0 amide bonds. The number of hydrogen-bond acceptors (Lipinski definition) is 2. The minimum Gasteiger partial charge on any atom is -0.372 e. The Kier molecular flexibility index (Phi) is 6.29. The Balaban J connectivity index is 2.91. The largest absolute Gasteiger partial charge is 0.372 e. The van der Waals surface area contributed by atoms with Crippen LogP contribution in [0, 0.1) is 5.82 Å². The lowest BCUT2D eigenvalue weighted by Crippen LogP contribution is -2.31. The van der Waals surface area contributed by atoms with Crippen LogP contribution in [0.25, 0.3) is 0 Å². The highest BCUT2D eigenvalue weighted by molar-refractivity contribution is 5.54. The molecule has 1 unspecified atom stereocenters. The highest BCUT2D eigenvalue weighted by Gasteiger charge is 2.13. The van der Waals surface area contributed by atoms with E-state index in [1.807, 2.05) is 6.07 Å². The van der Waals surface area contributed by atoms with E-state index in [1.165, 1.54) is 0 Å². The SMILES string of the molecule is CCCC(C)N(C)c1ccc(F)cc1CNC(C)C. The zero-order chi connectivity index (χ0) is 14.4. The maximum absolute atomic E-state index is 13.4. The van der Waals surface area contributed by atoms with Crippen molar-refractivity contribution >= 4 is 5.69 Å². The molecule has 1 rings (SSSR count). The van der Waals surface area contributed by atoms with Crippen LogP contribution < -0.4 is 10.2 Å². The van der Waals surface area contributed by atoms with Crippen molar-refractivity contribution in [3.63, 3.8) is 0 Å². The molecular weight excluding hydrogens is 239 g/mol. The standard InChI is InChI=1S/C16H27FN2/c1-6-7-13(4)19(5)16-9-8-15(17)10-14(16)11-18-12(2)3/h8-10,12-13,18H,6-7,11H2,1-5H3. The summed E-state index contributed by atoms with van der Waals surface area (Å²) >= 11 is 0. The van der Waals surface area contributed by atoms with E-state index in [1.54, 1.807) is 12.1 Å². The van der Waals surface area contributed by atoms with E-state index < -0.39 is 0 Å². The van der Waals surface area contributed by atoms with Crippen molar-refractivity contribution in [1.82, 2.24) is 5.32 Å². The molecule has 19 heavy (non-hydrogen) atoms. The average Bonchev–Trinajstić information content (AvgIpc) is 2.36. The molecule has 1 aromatic rings. The Labute approximate surface area is 117 Å². The third-order valence-electron chi connectivity index (χ3n) is 3.49. The van der Waals surface area contributed by atoms with Crippen LogP contribution in [-0.4, -0.2) is 19.1 Å². The van der Waals surface area contributed by atoms with Crippen molar-refractivity contribution < 1.29 is 4.39 Å². The number of anilines is 1. The Hall–Kier alpha value is -1.09. The fourth-order valence-corrected chi connectivity index (χ4v) is 2.20. The molecule has 0 fully saturated rings. The summed E-state index contributed by atoms with van der Waals surface area (Å²) in [5, 5.41) is 3.36. The summed E-state index contributed by atoms with van der Waals surface area (Å²) in [4.78, 5) is 2.25. The first-order chi connectivity index (χ1) is 8.95. The molecule has 0 heterocycles.